The Morgan fingerprint density at radius 1 is 1.42 bits per heavy atom. The first kappa shape index (κ1) is 18.4. The van der Waals surface area contributed by atoms with Crippen LogP contribution in [0.25, 0.3) is 0 Å². The van der Waals surface area contributed by atoms with Crippen LogP contribution in [0.1, 0.15) is 31.7 Å². The van der Waals surface area contributed by atoms with E-state index in [2.05, 4.69) is 5.32 Å². The SMILES string of the molecule is C[C@@H](CCc1ccccc1F)C(=O)N[C@H]1CCCN(CC(N)=O)C1. The van der Waals surface area contributed by atoms with Crippen LogP contribution >= 0.6 is 0 Å². The van der Waals surface area contributed by atoms with Gasteiger partial charge in [0.15, 0.2) is 0 Å². The Hall–Kier alpha value is -1.95. The minimum atomic E-state index is -0.347. The van der Waals surface area contributed by atoms with Gasteiger partial charge >= 0.3 is 0 Å². The third-order valence-electron chi connectivity index (χ3n) is 4.48. The van der Waals surface area contributed by atoms with Crippen LogP contribution in [0, 0.1) is 11.7 Å². The van der Waals surface area contributed by atoms with Gasteiger partial charge in [-0.05, 0) is 43.9 Å². The molecule has 1 saturated heterocycles. The molecule has 5 nitrogen and oxygen atoms in total. The van der Waals surface area contributed by atoms with Crippen molar-refractivity contribution in [2.24, 2.45) is 11.7 Å². The Morgan fingerprint density at radius 2 is 2.17 bits per heavy atom. The van der Waals surface area contributed by atoms with E-state index in [4.69, 9.17) is 5.73 Å². The van der Waals surface area contributed by atoms with E-state index in [0.717, 1.165) is 19.4 Å². The lowest BCUT2D eigenvalue weighted by atomic mass is 9.98. The van der Waals surface area contributed by atoms with E-state index in [0.29, 0.717) is 24.9 Å². The third kappa shape index (κ3) is 5.60. The number of aryl methyl sites for hydroxylation is 1. The summed E-state index contributed by atoms with van der Waals surface area (Å²) in [7, 11) is 0. The molecule has 3 N–H and O–H groups in total. The van der Waals surface area contributed by atoms with Crippen LogP contribution in [0.3, 0.4) is 0 Å². The van der Waals surface area contributed by atoms with Crippen molar-refractivity contribution in [3.63, 3.8) is 0 Å². The topological polar surface area (TPSA) is 75.4 Å². The number of nitrogens with zero attached hydrogens (tertiary/aromatic N) is 1. The molecule has 0 unspecified atom stereocenters. The first-order valence-corrected chi connectivity index (χ1v) is 8.50. The predicted molar refractivity (Wildman–Crippen MR) is 90.7 cm³/mol. The molecular weight excluding hydrogens is 309 g/mol. The molecule has 0 aliphatic carbocycles. The van der Waals surface area contributed by atoms with E-state index >= 15 is 0 Å². The standard InChI is InChI=1S/C18H26FN3O2/c1-13(8-9-14-5-2-3-7-16(14)19)18(24)21-15-6-4-10-22(11-15)12-17(20)23/h2-3,5,7,13,15H,4,6,8-12H2,1H3,(H2,20,23)(H,21,24)/t13-,15-/m0/s1. The average molecular weight is 335 g/mol. The van der Waals surface area contributed by atoms with Crippen molar-refractivity contribution >= 4 is 11.8 Å². The molecule has 2 atom stereocenters. The van der Waals surface area contributed by atoms with Crippen LogP contribution in [-0.4, -0.2) is 42.4 Å². The zero-order valence-corrected chi connectivity index (χ0v) is 14.1. The quantitative estimate of drug-likeness (QED) is 0.792. The van der Waals surface area contributed by atoms with Crippen molar-refractivity contribution in [2.45, 2.75) is 38.6 Å². The number of carbonyl (C=O) groups excluding carboxylic acids is 2. The summed E-state index contributed by atoms with van der Waals surface area (Å²) < 4.78 is 13.6. The fourth-order valence-corrected chi connectivity index (χ4v) is 3.09. The maximum absolute atomic E-state index is 13.6. The number of amides is 2. The number of piperidine rings is 1. The molecule has 0 saturated carbocycles. The lowest BCUT2D eigenvalue weighted by Gasteiger charge is -2.32. The normalized spacial score (nSPS) is 19.7. The Morgan fingerprint density at radius 3 is 2.88 bits per heavy atom. The maximum atomic E-state index is 13.6. The van der Waals surface area contributed by atoms with E-state index in [9.17, 15) is 14.0 Å². The molecule has 2 amide bonds. The van der Waals surface area contributed by atoms with Crippen molar-refractivity contribution in [1.82, 2.24) is 10.2 Å². The Bertz CT molecular complexity index is 579. The van der Waals surface area contributed by atoms with Crippen molar-refractivity contribution in [2.75, 3.05) is 19.6 Å². The number of carbonyl (C=O) groups is 2. The van der Waals surface area contributed by atoms with Gasteiger partial charge in [-0.1, -0.05) is 25.1 Å². The largest absolute Gasteiger partial charge is 0.369 e. The van der Waals surface area contributed by atoms with E-state index in [1.165, 1.54) is 6.07 Å². The zero-order chi connectivity index (χ0) is 17.5. The van der Waals surface area contributed by atoms with Crippen molar-refractivity contribution < 1.29 is 14.0 Å². The molecule has 2 rings (SSSR count). The van der Waals surface area contributed by atoms with Crippen LogP contribution in [0.15, 0.2) is 24.3 Å². The number of hydrogen-bond acceptors (Lipinski definition) is 3. The van der Waals surface area contributed by atoms with Gasteiger partial charge < -0.3 is 11.1 Å². The number of rotatable bonds is 7. The first-order chi connectivity index (χ1) is 11.5. The smallest absolute Gasteiger partial charge is 0.231 e. The van der Waals surface area contributed by atoms with Gasteiger partial charge in [-0.15, -0.1) is 0 Å². The Labute approximate surface area is 142 Å². The monoisotopic (exact) mass is 335 g/mol. The molecule has 0 aromatic heterocycles. The molecular formula is C18H26FN3O2. The number of likely N-dealkylation sites (tertiary alicyclic amines) is 1. The van der Waals surface area contributed by atoms with Crippen LogP contribution < -0.4 is 11.1 Å². The molecule has 132 valence electrons. The summed E-state index contributed by atoms with van der Waals surface area (Å²) in [6.45, 7) is 3.57. The summed E-state index contributed by atoms with van der Waals surface area (Å²) in [5.41, 5.74) is 5.87. The summed E-state index contributed by atoms with van der Waals surface area (Å²) in [5.74, 6) is -0.770. The van der Waals surface area contributed by atoms with Crippen molar-refractivity contribution in [3.8, 4) is 0 Å². The molecule has 0 radical (unpaired) electrons. The zero-order valence-electron chi connectivity index (χ0n) is 14.1. The van der Waals surface area contributed by atoms with E-state index in [1.54, 1.807) is 18.2 Å². The summed E-state index contributed by atoms with van der Waals surface area (Å²) in [5, 5.41) is 3.05. The number of nitrogens with two attached hydrogens (primary N) is 1. The molecule has 24 heavy (non-hydrogen) atoms. The molecule has 0 bridgehead atoms. The lowest BCUT2D eigenvalue weighted by Crippen LogP contribution is -2.50. The second kappa shape index (κ2) is 8.78. The fraction of sp³-hybridized carbons (Fsp3) is 0.556. The van der Waals surface area contributed by atoms with Gasteiger partial charge in [0.05, 0.1) is 6.54 Å². The molecule has 0 spiro atoms. The van der Waals surface area contributed by atoms with Gasteiger partial charge in [-0.3, -0.25) is 14.5 Å². The molecule has 1 aromatic carbocycles. The minimum absolute atomic E-state index is 0.0164. The summed E-state index contributed by atoms with van der Waals surface area (Å²) in [6, 6.07) is 6.70. The van der Waals surface area contributed by atoms with E-state index in [-0.39, 0.29) is 36.1 Å². The second-order valence-corrected chi connectivity index (χ2v) is 6.58. The fourth-order valence-electron chi connectivity index (χ4n) is 3.09. The van der Waals surface area contributed by atoms with Gasteiger partial charge in [0.1, 0.15) is 5.82 Å². The van der Waals surface area contributed by atoms with E-state index < -0.39 is 0 Å². The molecule has 1 aliphatic rings. The van der Waals surface area contributed by atoms with Crippen LogP contribution in [-0.2, 0) is 16.0 Å². The van der Waals surface area contributed by atoms with Gasteiger partial charge in [-0.2, -0.15) is 0 Å². The highest BCUT2D eigenvalue weighted by molar-refractivity contribution is 5.78. The van der Waals surface area contributed by atoms with Gasteiger partial charge in [0.2, 0.25) is 11.8 Å². The van der Waals surface area contributed by atoms with Crippen LogP contribution in [0.2, 0.25) is 0 Å². The van der Waals surface area contributed by atoms with Gasteiger partial charge in [-0.25, -0.2) is 4.39 Å². The number of benzene rings is 1. The Kier molecular flexibility index (Phi) is 6.73. The van der Waals surface area contributed by atoms with Gasteiger partial charge in [0.25, 0.3) is 0 Å². The lowest BCUT2D eigenvalue weighted by molar-refractivity contribution is -0.125. The summed E-state index contributed by atoms with van der Waals surface area (Å²) in [4.78, 5) is 25.3. The molecule has 1 aliphatic heterocycles. The number of hydrogen-bond donors (Lipinski definition) is 2. The van der Waals surface area contributed by atoms with Gasteiger partial charge in [0, 0.05) is 18.5 Å². The predicted octanol–water partition coefficient (Wildman–Crippen LogP) is 1.46. The number of nitrogens with one attached hydrogen (secondary N) is 1. The average Bonchev–Trinajstić information content (AvgIpc) is 2.53. The van der Waals surface area contributed by atoms with Crippen molar-refractivity contribution in [3.05, 3.63) is 35.6 Å². The number of halogens is 1. The minimum Gasteiger partial charge on any atom is -0.369 e. The third-order valence-corrected chi connectivity index (χ3v) is 4.48. The highest BCUT2D eigenvalue weighted by Crippen LogP contribution is 2.15. The van der Waals surface area contributed by atoms with Crippen molar-refractivity contribution in [1.29, 1.82) is 0 Å². The first-order valence-electron chi connectivity index (χ1n) is 8.50. The molecule has 6 heteroatoms. The number of primary amides is 1. The molecule has 1 aromatic rings. The Balaban J connectivity index is 1.78. The summed E-state index contributed by atoms with van der Waals surface area (Å²) >= 11 is 0. The molecule has 1 fully saturated rings. The highest BCUT2D eigenvalue weighted by Gasteiger charge is 2.24. The highest BCUT2D eigenvalue weighted by atomic mass is 19.1. The molecule has 1 heterocycles. The summed E-state index contributed by atoms with van der Waals surface area (Å²) in [6.07, 6.45) is 2.98. The van der Waals surface area contributed by atoms with Crippen LogP contribution in [0.4, 0.5) is 4.39 Å². The van der Waals surface area contributed by atoms with E-state index in [1.807, 2.05) is 11.8 Å². The maximum Gasteiger partial charge on any atom is 0.231 e. The second-order valence-electron chi connectivity index (χ2n) is 6.58. The van der Waals surface area contributed by atoms with Crippen LogP contribution in [0.5, 0.6) is 0 Å².